The van der Waals surface area contributed by atoms with Gasteiger partial charge in [-0.25, -0.2) is 13.4 Å². The molecular weight excluding hydrogens is 278 g/mol. The summed E-state index contributed by atoms with van der Waals surface area (Å²) in [6, 6.07) is 0. The minimum absolute atomic E-state index is 0.0692. The number of hydrogen-bond acceptors (Lipinski definition) is 4. The number of methoxy groups -OCH3 is 1. The molecule has 7 heteroatoms. The minimum Gasteiger partial charge on any atom is -0.384 e. The Hall–Kier alpha value is -0.920. The van der Waals surface area contributed by atoms with Crippen LogP contribution in [-0.2, 0) is 27.8 Å². The van der Waals surface area contributed by atoms with Gasteiger partial charge in [-0.2, -0.15) is 4.31 Å². The molecule has 0 N–H and O–H groups in total. The second-order valence-corrected chi connectivity index (χ2v) is 7.86. The van der Waals surface area contributed by atoms with E-state index in [1.54, 1.807) is 7.11 Å². The summed E-state index contributed by atoms with van der Waals surface area (Å²) < 4.78 is 32.6. The average molecular weight is 299 g/mol. The lowest BCUT2D eigenvalue weighted by molar-refractivity contribution is 0.159. The molecule has 1 aromatic heterocycles. The van der Waals surface area contributed by atoms with Crippen molar-refractivity contribution in [2.45, 2.75) is 31.8 Å². The fourth-order valence-corrected chi connectivity index (χ4v) is 3.71. The Morgan fingerprint density at radius 2 is 2.20 bits per heavy atom. The second-order valence-electron chi connectivity index (χ2n) is 5.88. The van der Waals surface area contributed by atoms with Crippen molar-refractivity contribution in [1.29, 1.82) is 0 Å². The first-order chi connectivity index (χ1) is 9.49. The summed E-state index contributed by atoms with van der Waals surface area (Å²) in [5.41, 5.74) is 2.04. The first-order valence-corrected chi connectivity index (χ1v) is 8.82. The van der Waals surface area contributed by atoms with Crippen LogP contribution < -0.4 is 0 Å². The molecule has 6 nitrogen and oxygen atoms in total. The predicted octanol–water partition coefficient (Wildman–Crippen LogP) is 0.798. The van der Waals surface area contributed by atoms with Gasteiger partial charge in [0, 0.05) is 31.8 Å². The molecule has 1 aliphatic heterocycles. The zero-order valence-corrected chi connectivity index (χ0v) is 12.8. The van der Waals surface area contributed by atoms with E-state index in [9.17, 15) is 8.42 Å². The van der Waals surface area contributed by atoms with Crippen LogP contribution in [0.15, 0.2) is 6.33 Å². The lowest BCUT2D eigenvalue weighted by Crippen LogP contribution is -2.39. The van der Waals surface area contributed by atoms with Crippen LogP contribution in [0.4, 0.5) is 0 Å². The van der Waals surface area contributed by atoms with Crippen molar-refractivity contribution in [2.75, 3.05) is 26.5 Å². The van der Waals surface area contributed by atoms with Crippen molar-refractivity contribution < 1.29 is 13.2 Å². The average Bonchev–Trinajstić information content (AvgIpc) is 3.08. The van der Waals surface area contributed by atoms with Gasteiger partial charge < -0.3 is 9.30 Å². The Morgan fingerprint density at radius 3 is 2.80 bits per heavy atom. The quantitative estimate of drug-likeness (QED) is 0.806. The molecule has 0 radical (unpaired) electrons. The molecule has 0 bridgehead atoms. The fourth-order valence-electron chi connectivity index (χ4n) is 2.90. The molecule has 1 aliphatic carbocycles. The largest absolute Gasteiger partial charge is 0.384 e. The van der Waals surface area contributed by atoms with Gasteiger partial charge >= 0.3 is 0 Å². The summed E-state index contributed by atoms with van der Waals surface area (Å²) in [6.45, 7) is 2.39. The van der Waals surface area contributed by atoms with Crippen molar-refractivity contribution in [3.63, 3.8) is 0 Å². The Kier molecular flexibility index (Phi) is 3.60. The molecular formula is C13H21N3O3S. The summed E-state index contributed by atoms with van der Waals surface area (Å²) in [7, 11) is -1.54. The lowest BCUT2D eigenvalue weighted by atomic mass is 10.0. The van der Waals surface area contributed by atoms with Gasteiger partial charge in [-0.15, -0.1) is 0 Å². The number of sulfonamides is 1. The van der Waals surface area contributed by atoms with Crippen LogP contribution in [0, 0.1) is 5.92 Å². The molecule has 0 saturated heterocycles. The third-order valence-corrected chi connectivity index (χ3v) is 5.30. The Bertz CT molecular complexity index is 592. The SMILES string of the molecule is COCC1CN(S(C)(=O)=O)Cc2ncn(CC3CC3)c21. The number of aromatic nitrogens is 2. The number of imidazole rings is 1. The van der Waals surface area contributed by atoms with E-state index in [-0.39, 0.29) is 5.92 Å². The maximum absolute atomic E-state index is 11.8. The van der Waals surface area contributed by atoms with E-state index in [1.165, 1.54) is 29.1 Å². The van der Waals surface area contributed by atoms with Crippen molar-refractivity contribution >= 4 is 10.0 Å². The maximum Gasteiger partial charge on any atom is 0.211 e. The first-order valence-electron chi connectivity index (χ1n) is 6.97. The van der Waals surface area contributed by atoms with Gasteiger partial charge in [-0.1, -0.05) is 0 Å². The molecule has 0 spiro atoms. The number of rotatable bonds is 5. The van der Waals surface area contributed by atoms with E-state index in [1.807, 2.05) is 6.33 Å². The maximum atomic E-state index is 11.8. The van der Waals surface area contributed by atoms with Crippen molar-refractivity contribution in [3.05, 3.63) is 17.7 Å². The minimum atomic E-state index is -3.19. The second kappa shape index (κ2) is 5.13. The van der Waals surface area contributed by atoms with Gasteiger partial charge in [-0.3, -0.25) is 0 Å². The fraction of sp³-hybridized carbons (Fsp3) is 0.769. The summed E-state index contributed by atoms with van der Waals surface area (Å²) in [5.74, 6) is 0.837. The molecule has 2 aliphatic rings. The Balaban J connectivity index is 1.91. The van der Waals surface area contributed by atoms with Crippen molar-refractivity contribution in [1.82, 2.24) is 13.9 Å². The molecule has 1 unspecified atom stereocenters. The van der Waals surface area contributed by atoms with E-state index >= 15 is 0 Å². The van der Waals surface area contributed by atoms with E-state index in [0.29, 0.717) is 19.7 Å². The summed E-state index contributed by atoms with van der Waals surface area (Å²) >= 11 is 0. The van der Waals surface area contributed by atoms with Crippen LogP contribution in [0.25, 0.3) is 0 Å². The van der Waals surface area contributed by atoms with Crippen LogP contribution in [0.3, 0.4) is 0 Å². The number of hydrogen-bond donors (Lipinski definition) is 0. The highest BCUT2D eigenvalue weighted by Gasteiger charge is 2.34. The topological polar surface area (TPSA) is 64.4 Å². The molecule has 1 aromatic rings. The summed E-state index contributed by atoms with van der Waals surface area (Å²) in [4.78, 5) is 4.44. The van der Waals surface area contributed by atoms with Gasteiger partial charge in [0.25, 0.3) is 0 Å². The van der Waals surface area contributed by atoms with Crippen LogP contribution in [0.2, 0.25) is 0 Å². The van der Waals surface area contributed by atoms with Gasteiger partial charge in [0.05, 0.1) is 31.4 Å². The predicted molar refractivity (Wildman–Crippen MR) is 74.8 cm³/mol. The van der Waals surface area contributed by atoms with Crippen LogP contribution in [0.5, 0.6) is 0 Å². The zero-order valence-electron chi connectivity index (χ0n) is 11.9. The van der Waals surface area contributed by atoms with Gasteiger partial charge in [0.2, 0.25) is 10.0 Å². The molecule has 2 heterocycles. The standard InChI is InChI=1S/C13H21N3O3S/c1-19-8-11-6-16(20(2,17)18)7-12-13(11)15(9-14-12)5-10-3-4-10/h9-11H,3-8H2,1-2H3. The van der Waals surface area contributed by atoms with E-state index < -0.39 is 10.0 Å². The van der Waals surface area contributed by atoms with Crippen molar-refractivity contribution in [2.24, 2.45) is 5.92 Å². The van der Waals surface area contributed by atoms with Crippen LogP contribution in [-0.4, -0.2) is 48.8 Å². The Morgan fingerprint density at radius 1 is 1.45 bits per heavy atom. The van der Waals surface area contributed by atoms with E-state index in [0.717, 1.165) is 18.2 Å². The van der Waals surface area contributed by atoms with E-state index in [2.05, 4.69) is 9.55 Å². The molecule has 0 amide bonds. The van der Waals surface area contributed by atoms with Gasteiger partial charge in [-0.05, 0) is 18.8 Å². The molecule has 112 valence electrons. The smallest absolute Gasteiger partial charge is 0.211 e. The number of fused-ring (bicyclic) bond motifs is 1. The molecule has 1 fully saturated rings. The summed E-state index contributed by atoms with van der Waals surface area (Å²) in [5, 5.41) is 0. The number of nitrogens with zero attached hydrogens (tertiary/aromatic N) is 3. The molecule has 3 rings (SSSR count). The van der Waals surface area contributed by atoms with E-state index in [4.69, 9.17) is 4.74 Å². The highest BCUT2D eigenvalue weighted by molar-refractivity contribution is 7.88. The van der Waals surface area contributed by atoms with Gasteiger partial charge in [0.15, 0.2) is 0 Å². The lowest BCUT2D eigenvalue weighted by Gasteiger charge is -2.31. The third-order valence-electron chi connectivity index (χ3n) is 4.08. The molecule has 0 aromatic carbocycles. The van der Waals surface area contributed by atoms with Gasteiger partial charge in [0.1, 0.15) is 0 Å². The monoisotopic (exact) mass is 299 g/mol. The van der Waals surface area contributed by atoms with Crippen LogP contribution in [0.1, 0.15) is 30.1 Å². The highest BCUT2D eigenvalue weighted by Crippen LogP contribution is 2.34. The molecule has 20 heavy (non-hydrogen) atoms. The molecule has 1 saturated carbocycles. The third kappa shape index (κ3) is 2.75. The number of ether oxygens (including phenoxy) is 1. The Labute approximate surface area is 119 Å². The van der Waals surface area contributed by atoms with Crippen molar-refractivity contribution in [3.8, 4) is 0 Å². The first kappa shape index (κ1) is 14.0. The zero-order chi connectivity index (χ0) is 14.3. The normalized spacial score (nSPS) is 23.8. The molecule has 1 atom stereocenters. The summed E-state index contributed by atoms with van der Waals surface area (Å²) in [6.07, 6.45) is 5.69. The highest BCUT2D eigenvalue weighted by atomic mass is 32.2. The van der Waals surface area contributed by atoms with Crippen LogP contribution >= 0.6 is 0 Å².